The molecule has 1 aromatic heterocycles. The molecule has 1 N–H and O–H groups in total. The molecule has 2 rings (SSSR count). The fourth-order valence-electron chi connectivity index (χ4n) is 3.36. The van der Waals surface area contributed by atoms with Crippen LogP contribution >= 0.6 is 0 Å². The SMILES string of the molecule is CC/C=C/CCOc1c(OCCCCCCCCCC)c(=O)oc2c(O)cccc12. The predicted molar refractivity (Wildman–Crippen MR) is 122 cm³/mol. The molecular weight excluding hydrogens is 380 g/mol. The first-order chi connectivity index (χ1) is 14.7. The van der Waals surface area contributed by atoms with Crippen molar-refractivity contribution >= 4 is 11.0 Å². The maximum absolute atomic E-state index is 12.5. The van der Waals surface area contributed by atoms with Crippen LogP contribution in [0.1, 0.15) is 78.1 Å². The van der Waals surface area contributed by atoms with Crippen molar-refractivity contribution in [2.75, 3.05) is 13.2 Å². The largest absolute Gasteiger partial charge is 0.504 e. The Kier molecular flexibility index (Phi) is 10.9. The van der Waals surface area contributed by atoms with E-state index in [9.17, 15) is 9.90 Å². The summed E-state index contributed by atoms with van der Waals surface area (Å²) in [4.78, 5) is 12.5. The summed E-state index contributed by atoms with van der Waals surface area (Å²) in [6.45, 7) is 5.16. The van der Waals surface area contributed by atoms with E-state index in [0.717, 1.165) is 25.7 Å². The molecule has 0 atom stereocenters. The van der Waals surface area contributed by atoms with E-state index >= 15 is 0 Å². The number of benzene rings is 1. The van der Waals surface area contributed by atoms with Crippen LogP contribution in [0.25, 0.3) is 11.0 Å². The minimum atomic E-state index is -0.623. The first-order valence-corrected chi connectivity index (χ1v) is 11.4. The van der Waals surface area contributed by atoms with Crippen LogP contribution in [0.5, 0.6) is 17.2 Å². The number of phenolic OH excluding ortho intramolecular Hbond substituents is 1. The molecule has 1 aromatic carbocycles. The van der Waals surface area contributed by atoms with E-state index in [2.05, 4.69) is 19.9 Å². The van der Waals surface area contributed by atoms with Gasteiger partial charge in [-0.2, -0.15) is 0 Å². The van der Waals surface area contributed by atoms with Crippen molar-refractivity contribution in [3.63, 3.8) is 0 Å². The number of para-hydroxylation sites is 1. The van der Waals surface area contributed by atoms with Crippen LogP contribution in [-0.2, 0) is 0 Å². The standard InChI is InChI=1S/C25H36O5/c1-3-5-7-9-10-11-12-14-19-29-24-23(28-18-13-8-6-4-2)20-16-15-17-21(26)22(20)30-25(24)27/h6,8,15-17,26H,3-5,7,9-14,18-19H2,1-2H3/b8-6+. The topological polar surface area (TPSA) is 68.9 Å². The summed E-state index contributed by atoms with van der Waals surface area (Å²) >= 11 is 0. The molecule has 0 aliphatic rings. The number of unbranched alkanes of at least 4 members (excludes halogenated alkanes) is 7. The summed E-state index contributed by atoms with van der Waals surface area (Å²) in [6.07, 6.45) is 15.4. The highest BCUT2D eigenvalue weighted by atomic mass is 16.5. The smallest absolute Gasteiger partial charge is 0.383 e. The van der Waals surface area contributed by atoms with Crippen LogP contribution in [-0.4, -0.2) is 18.3 Å². The van der Waals surface area contributed by atoms with Crippen molar-refractivity contribution in [3.8, 4) is 17.2 Å². The van der Waals surface area contributed by atoms with Crippen molar-refractivity contribution in [1.29, 1.82) is 0 Å². The molecule has 0 aliphatic carbocycles. The van der Waals surface area contributed by atoms with E-state index in [4.69, 9.17) is 13.9 Å². The molecule has 0 amide bonds. The molecule has 0 unspecified atom stereocenters. The average Bonchev–Trinajstić information content (AvgIpc) is 2.74. The fourth-order valence-corrected chi connectivity index (χ4v) is 3.36. The van der Waals surface area contributed by atoms with Gasteiger partial charge in [-0.1, -0.05) is 77.0 Å². The van der Waals surface area contributed by atoms with E-state index in [1.165, 1.54) is 44.6 Å². The van der Waals surface area contributed by atoms with Gasteiger partial charge in [-0.25, -0.2) is 4.79 Å². The van der Waals surface area contributed by atoms with Crippen LogP contribution in [0, 0.1) is 0 Å². The minimum absolute atomic E-state index is 0.0880. The Balaban J connectivity index is 2.00. The van der Waals surface area contributed by atoms with Crippen LogP contribution in [0.15, 0.2) is 39.6 Å². The minimum Gasteiger partial charge on any atom is -0.504 e. The van der Waals surface area contributed by atoms with E-state index in [0.29, 0.717) is 24.3 Å². The molecular formula is C25H36O5. The molecule has 0 saturated heterocycles. The fraction of sp³-hybridized carbons (Fsp3) is 0.560. The number of fused-ring (bicyclic) bond motifs is 1. The second-order valence-electron chi connectivity index (χ2n) is 7.54. The van der Waals surface area contributed by atoms with Crippen molar-refractivity contribution < 1.29 is 19.0 Å². The number of ether oxygens (including phenoxy) is 2. The zero-order valence-corrected chi connectivity index (χ0v) is 18.5. The number of aromatic hydroxyl groups is 1. The lowest BCUT2D eigenvalue weighted by molar-refractivity contribution is 0.255. The van der Waals surface area contributed by atoms with Gasteiger partial charge < -0.3 is 19.0 Å². The third kappa shape index (κ3) is 7.43. The number of allylic oxidation sites excluding steroid dienone is 1. The van der Waals surface area contributed by atoms with Gasteiger partial charge in [-0.15, -0.1) is 0 Å². The number of hydrogen-bond acceptors (Lipinski definition) is 5. The van der Waals surface area contributed by atoms with Crippen molar-refractivity contribution in [1.82, 2.24) is 0 Å². The van der Waals surface area contributed by atoms with Gasteiger partial charge in [0.1, 0.15) is 0 Å². The van der Waals surface area contributed by atoms with Gasteiger partial charge in [0.2, 0.25) is 5.75 Å². The van der Waals surface area contributed by atoms with E-state index < -0.39 is 5.63 Å². The molecule has 1 heterocycles. The Bertz CT molecular complexity index is 837. The van der Waals surface area contributed by atoms with Gasteiger partial charge in [0.15, 0.2) is 17.1 Å². The molecule has 0 aliphatic heterocycles. The van der Waals surface area contributed by atoms with Crippen molar-refractivity contribution in [2.45, 2.75) is 78.1 Å². The zero-order chi connectivity index (χ0) is 21.6. The highest BCUT2D eigenvalue weighted by molar-refractivity contribution is 5.89. The summed E-state index contributed by atoms with van der Waals surface area (Å²) in [7, 11) is 0. The van der Waals surface area contributed by atoms with Gasteiger partial charge in [0.05, 0.1) is 18.6 Å². The molecule has 2 aromatic rings. The molecule has 166 valence electrons. The Morgan fingerprint density at radius 1 is 0.900 bits per heavy atom. The highest BCUT2D eigenvalue weighted by Gasteiger charge is 2.19. The Hall–Kier alpha value is -2.43. The molecule has 0 spiro atoms. The molecule has 5 nitrogen and oxygen atoms in total. The van der Waals surface area contributed by atoms with Gasteiger partial charge in [0, 0.05) is 0 Å². The lowest BCUT2D eigenvalue weighted by Gasteiger charge is -2.14. The van der Waals surface area contributed by atoms with E-state index in [1.54, 1.807) is 12.1 Å². The van der Waals surface area contributed by atoms with Gasteiger partial charge in [-0.3, -0.25) is 0 Å². The van der Waals surface area contributed by atoms with Crippen LogP contribution in [0.3, 0.4) is 0 Å². The molecule has 0 saturated carbocycles. The summed E-state index contributed by atoms with van der Waals surface area (Å²) < 4.78 is 17.0. The Morgan fingerprint density at radius 2 is 1.60 bits per heavy atom. The summed E-state index contributed by atoms with van der Waals surface area (Å²) in [5, 5.41) is 10.6. The molecule has 0 fully saturated rings. The third-order valence-corrected chi connectivity index (χ3v) is 5.00. The maximum atomic E-state index is 12.5. The summed E-state index contributed by atoms with van der Waals surface area (Å²) in [5.74, 6) is 0.354. The first-order valence-electron chi connectivity index (χ1n) is 11.4. The van der Waals surface area contributed by atoms with E-state index in [-0.39, 0.29) is 17.1 Å². The number of phenols is 1. The Morgan fingerprint density at radius 3 is 2.33 bits per heavy atom. The van der Waals surface area contributed by atoms with Gasteiger partial charge in [-0.05, 0) is 31.4 Å². The quantitative estimate of drug-likeness (QED) is 0.197. The maximum Gasteiger partial charge on any atom is 0.383 e. The summed E-state index contributed by atoms with van der Waals surface area (Å²) in [6, 6.07) is 4.95. The van der Waals surface area contributed by atoms with E-state index in [1.807, 2.05) is 6.08 Å². The monoisotopic (exact) mass is 416 g/mol. The van der Waals surface area contributed by atoms with Gasteiger partial charge >= 0.3 is 5.63 Å². The zero-order valence-electron chi connectivity index (χ0n) is 18.5. The van der Waals surface area contributed by atoms with Crippen molar-refractivity contribution in [2.24, 2.45) is 0 Å². The lowest BCUT2D eigenvalue weighted by atomic mass is 10.1. The second-order valence-corrected chi connectivity index (χ2v) is 7.54. The number of rotatable bonds is 15. The highest BCUT2D eigenvalue weighted by Crippen LogP contribution is 2.36. The van der Waals surface area contributed by atoms with Crippen LogP contribution in [0.4, 0.5) is 0 Å². The average molecular weight is 417 g/mol. The lowest BCUT2D eigenvalue weighted by Crippen LogP contribution is -2.11. The van der Waals surface area contributed by atoms with Gasteiger partial charge in [0.25, 0.3) is 0 Å². The third-order valence-electron chi connectivity index (χ3n) is 5.00. The summed E-state index contributed by atoms with van der Waals surface area (Å²) in [5.41, 5.74) is -0.497. The normalized spacial score (nSPS) is 11.4. The van der Waals surface area contributed by atoms with Crippen LogP contribution in [0.2, 0.25) is 0 Å². The Labute approximate surface area is 179 Å². The molecule has 30 heavy (non-hydrogen) atoms. The second kappa shape index (κ2) is 13.7. The van der Waals surface area contributed by atoms with Crippen LogP contribution < -0.4 is 15.1 Å². The molecule has 0 bridgehead atoms. The number of hydrogen-bond donors (Lipinski definition) is 1. The first kappa shape index (κ1) is 23.8. The molecule has 5 heteroatoms. The molecule has 0 radical (unpaired) electrons. The predicted octanol–water partition coefficient (Wildman–Crippen LogP) is 6.75. The van der Waals surface area contributed by atoms with Crippen molar-refractivity contribution in [3.05, 3.63) is 40.8 Å².